The molecule has 0 amide bonds. The van der Waals surface area contributed by atoms with Crippen LogP contribution in [0.4, 0.5) is 0 Å². The lowest BCUT2D eigenvalue weighted by Crippen LogP contribution is -2.70. The van der Waals surface area contributed by atoms with E-state index in [2.05, 4.69) is 40.1 Å². The highest BCUT2D eigenvalue weighted by Gasteiger charge is 2.69. The first-order valence-electron chi connectivity index (χ1n) is 10.1. The largest absolute Gasteiger partial charge is 0.546 e. The first-order chi connectivity index (χ1) is 12.1. The average molecular weight is 383 g/mol. The van der Waals surface area contributed by atoms with E-state index in [4.69, 9.17) is 23.7 Å². The number of rotatable bonds is 3. The first kappa shape index (κ1) is 18.9. The zero-order chi connectivity index (χ0) is 18.9. The van der Waals surface area contributed by atoms with E-state index in [9.17, 15) is 0 Å². The van der Waals surface area contributed by atoms with Crippen LogP contribution in [-0.2, 0) is 23.7 Å². The van der Waals surface area contributed by atoms with Crippen LogP contribution in [0.15, 0.2) is 12.3 Å². The summed E-state index contributed by atoms with van der Waals surface area (Å²) >= 11 is 0. The van der Waals surface area contributed by atoms with Gasteiger partial charge in [-0.3, -0.25) is 0 Å². The van der Waals surface area contributed by atoms with E-state index < -0.39 is 26.0 Å². The summed E-state index contributed by atoms with van der Waals surface area (Å²) in [4.78, 5) is 12.0. The molecule has 148 valence electrons. The van der Waals surface area contributed by atoms with Crippen molar-refractivity contribution in [3.63, 3.8) is 0 Å². The minimum absolute atomic E-state index is 0.164. The standard InChI is InChI=1S/C20H34O5Si/c1-12-8-9-16-13(2)17(14(3)23-26(5,6)7)21-18-20(16)15(12)10-11-19(4,22-18)24-25-20/h12-13,15-18H,3,8-11H2,1-2,4-7H3/t12-,13-,15+,16+,17+,18-,19-,20-/m1/s1. The molecule has 0 aromatic heterocycles. The van der Waals surface area contributed by atoms with E-state index in [1.165, 1.54) is 6.42 Å². The summed E-state index contributed by atoms with van der Waals surface area (Å²) in [7, 11) is -1.74. The summed E-state index contributed by atoms with van der Waals surface area (Å²) in [5.74, 6) is 1.55. The van der Waals surface area contributed by atoms with Crippen molar-refractivity contribution < 1.29 is 23.7 Å². The zero-order valence-corrected chi connectivity index (χ0v) is 18.0. The molecule has 1 spiro atoms. The Morgan fingerprint density at radius 2 is 1.81 bits per heavy atom. The van der Waals surface area contributed by atoms with E-state index in [1.54, 1.807) is 0 Å². The molecule has 26 heavy (non-hydrogen) atoms. The fourth-order valence-electron chi connectivity index (χ4n) is 5.72. The van der Waals surface area contributed by atoms with Crippen LogP contribution in [0.5, 0.6) is 0 Å². The highest BCUT2D eigenvalue weighted by molar-refractivity contribution is 6.70. The summed E-state index contributed by atoms with van der Waals surface area (Å²) in [6.07, 6.45) is 3.60. The summed E-state index contributed by atoms with van der Waals surface area (Å²) in [6.45, 7) is 17.3. The second-order valence-corrected chi connectivity index (χ2v) is 14.4. The van der Waals surface area contributed by atoms with Gasteiger partial charge in [0.15, 0.2) is 11.9 Å². The highest BCUT2D eigenvalue weighted by Crippen LogP contribution is 2.61. The molecule has 5 rings (SSSR count). The normalized spacial score (nSPS) is 50.7. The fraction of sp³-hybridized carbons (Fsp3) is 0.900. The van der Waals surface area contributed by atoms with Crippen LogP contribution < -0.4 is 0 Å². The smallest absolute Gasteiger partial charge is 0.241 e. The molecular weight excluding hydrogens is 348 g/mol. The maximum Gasteiger partial charge on any atom is 0.241 e. The van der Waals surface area contributed by atoms with Gasteiger partial charge in [-0.15, -0.1) is 0 Å². The van der Waals surface area contributed by atoms with Crippen LogP contribution in [0.25, 0.3) is 0 Å². The zero-order valence-electron chi connectivity index (χ0n) is 17.0. The quantitative estimate of drug-likeness (QED) is 0.405. The van der Waals surface area contributed by atoms with Gasteiger partial charge in [-0.25, -0.2) is 9.78 Å². The van der Waals surface area contributed by atoms with Gasteiger partial charge in [-0.2, -0.15) is 0 Å². The van der Waals surface area contributed by atoms with Gasteiger partial charge in [0.25, 0.3) is 0 Å². The molecule has 5 aliphatic rings. The van der Waals surface area contributed by atoms with Crippen LogP contribution in [0.3, 0.4) is 0 Å². The van der Waals surface area contributed by atoms with Crippen molar-refractivity contribution in [3.05, 3.63) is 12.3 Å². The second-order valence-electron chi connectivity index (χ2n) is 10.0. The van der Waals surface area contributed by atoms with Crippen LogP contribution in [0.2, 0.25) is 19.6 Å². The van der Waals surface area contributed by atoms with Crippen molar-refractivity contribution in [3.8, 4) is 0 Å². The van der Waals surface area contributed by atoms with E-state index in [0.717, 1.165) is 25.0 Å². The minimum atomic E-state index is -1.74. The molecule has 5 nitrogen and oxygen atoms in total. The Balaban J connectivity index is 1.69. The van der Waals surface area contributed by atoms with Crippen molar-refractivity contribution in [2.45, 2.75) is 89.9 Å². The third-order valence-electron chi connectivity index (χ3n) is 6.91. The van der Waals surface area contributed by atoms with Gasteiger partial charge in [0.2, 0.25) is 14.1 Å². The Morgan fingerprint density at radius 1 is 1.08 bits per heavy atom. The Labute approximate surface area is 158 Å². The topological polar surface area (TPSA) is 46.2 Å². The molecule has 4 saturated heterocycles. The van der Waals surface area contributed by atoms with E-state index in [1.807, 2.05) is 6.92 Å². The van der Waals surface area contributed by atoms with E-state index in [0.29, 0.717) is 17.8 Å². The SMILES string of the molecule is C=C(O[Si](C)(C)C)[C@H]1O[C@@H]2O[C@@]3(C)CC[C@H]4[C@H](C)CC[C@@H]([C@H]1C)[C@@]24OO3. The van der Waals surface area contributed by atoms with E-state index in [-0.39, 0.29) is 12.0 Å². The molecule has 0 N–H and O–H groups in total. The summed E-state index contributed by atoms with van der Waals surface area (Å²) in [6, 6.07) is 0. The van der Waals surface area contributed by atoms with Gasteiger partial charge in [0.05, 0.1) is 0 Å². The second kappa shape index (κ2) is 6.05. The molecule has 0 radical (unpaired) electrons. The maximum absolute atomic E-state index is 6.54. The maximum atomic E-state index is 6.54. The van der Waals surface area contributed by atoms with Gasteiger partial charge >= 0.3 is 0 Å². The molecule has 0 aromatic carbocycles. The van der Waals surface area contributed by atoms with E-state index >= 15 is 0 Å². The summed E-state index contributed by atoms with van der Waals surface area (Å²) in [5, 5.41) is 0. The Kier molecular flexibility index (Phi) is 4.40. The predicted molar refractivity (Wildman–Crippen MR) is 100 cm³/mol. The van der Waals surface area contributed by atoms with Gasteiger partial charge in [0, 0.05) is 12.3 Å². The van der Waals surface area contributed by atoms with Gasteiger partial charge in [-0.1, -0.05) is 20.4 Å². The van der Waals surface area contributed by atoms with Crippen LogP contribution in [0.1, 0.15) is 46.5 Å². The lowest BCUT2D eigenvalue weighted by Gasteiger charge is -2.60. The van der Waals surface area contributed by atoms with Gasteiger partial charge in [-0.05, 0) is 63.6 Å². The first-order valence-corrected chi connectivity index (χ1v) is 13.5. The van der Waals surface area contributed by atoms with Crippen molar-refractivity contribution in [1.29, 1.82) is 0 Å². The molecule has 5 fully saturated rings. The van der Waals surface area contributed by atoms with Crippen LogP contribution in [0, 0.1) is 23.7 Å². The lowest BCUT2D eigenvalue weighted by molar-refractivity contribution is -0.570. The van der Waals surface area contributed by atoms with Crippen LogP contribution >= 0.6 is 0 Å². The molecule has 4 aliphatic heterocycles. The Morgan fingerprint density at radius 3 is 2.50 bits per heavy atom. The Bertz CT molecular complexity index is 589. The molecule has 0 aromatic rings. The number of ether oxygens (including phenoxy) is 2. The van der Waals surface area contributed by atoms with Crippen LogP contribution in [-0.4, -0.2) is 32.1 Å². The fourth-order valence-corrected chi connectivity index (χ4v) is 6.63. The highest BCUT2D eigenvalue weighted by atomic mass is 28.4. The molecule has 6 heteroatoms. The summed E-state index contributed by atoms with van der Waals surface area (Å²) < 4.78 is 19.1. The average Bonchev–Trinajstić information content (AvgIpc) is 2.75. The Hall–Kier alpha value is -0.403. The molecular formula is C20H34O5Si. The monoisotopic (exact) mass is 382 g/mol. The van der Waals surface area contributed by atoms with Gasteiger partial charge in [0.1, 0.15) is 11.9 Å². The van der Waals surface area contributed by atoms with Crippen molar-refractivity contribution >= 4 is 8.32 Å². The van der Waals surface area contributed by atoms with Crippen molar-refractivity contribution in [1.82, 2.24) is 0 Å². The van der Waals surface area contributed by atoms with Crippen molar-refractivity contribution in [2.24, 2.45) is 23.7 Å². The summed E-state index contributed by atoms with van der Waals surface area (Å²) in [5.41, 5.74) is -0.511. The molecule has 4 heterocycles. The van der Waals surface area contributed by atoms with Gasteiger partial charge < -0.3 is 13.9 Å². The number of hydrogen-bond acceptors (Lipinski definition) is 5. The third-order valence-corrected chi connectivity index (χ3v) is 7.79. The molecule has 1 aliphatic carbocycles. The molecule has 1 saturated carbocycles. The number of hydrogen-bond donors (Lipinski definition) is 0. The van der Waals surface area contributed by atoms with Crippen molar-refractivity contribution in [2.75, 3.05) is 0 Å². The minimum Gasteiger partial charge on any atom is -0.546 e. The lowest BCUT2D eigenvalue weighted by atomic mass is 9.57. The number of fused-ring (bicyclic) bond motifs is 2. The predicted octanol–water partition coefficient (Wildman–Crippen LogP) is 4.60. The molecule has 0 unspecified atom stereocenters. The third kappa shape index (κ3) is 2.80. The molecule has 2 bridgehead atoms. The molecule has 8 atom stereocenters.